The minimum atomic E-state index is -0.247. The molecule has 43 valence electrons. The molecule has 0 aliphatic rings. The number of terminal acetylenes is 1. The van der Waals surface area contributed by atoms with Crippen molar-refractivity contribution in [3.8, 4) is 12.3 Å². The highest BCUT2D eigenvalue weighted by Crippen LogP contribution is 2.03. The highest BCUT2D eigenvalue weighted by Gasteiger charge is 2.05. The van der Waals surface area contributed by atoms with Gasteiger partial charge in [0, 0.05) is 12.3 Å². The first kappa shape index (κ1) is 7.45. The Morgan fingerprint density at radius 3 is 2.62 bits per heavy atom. The van der Waals surface area contributed by atoms with Gasteiger partial charge in [-0.3, -0.25) is 4.79 Å². The van der Waals surface area contributed by atoms with Gasteiger partial charge in [-0.1, -0.05) is 6.92 Å². The first-order chi connectivity index (χ1) is 3.68. The molecular weight excluding hydrogens is 120 g/mol. The molecule has 8 heavy (non-hydrogen) atoms. The van der Waals surface area contributed by atoms with E-state index in [9.17, 15) is 4.79 Å². The third kappa shape index (κ3) is 2.59. The third-order valence-electron chi connectivity index (χ3n) is 0.826. The number of rotatable bonds is 2. The van der Waals surface area contributed by atoms with E-state index in [1.165, 1.54) is 0 Å². The van der Waals surface area contributed by atoms with E-state index in [1.54, 1.807) is 6.92 Å². The molecule has 2 heteroatoms. The SMILES string of the molecule is C#CCC(C)C(=O)[S]. The molecule has 0 saturated heterocycles. The van der Waals surface area contributed by atoms with E-state index >= 15 is 0 Å². The van der Waals surface area contributed by atoms with Crippen LogP contribution in [0.3, 0.4) is 0 Å². The molecule has 1 radical (unpaired) electrons. The van der Waals surface area contributed by atoms with E-state index in [-0.39, 0.29) is 11.0 Å². The minimum absolute atomic E-state index is 0.144. The molecule has 0 aromatic carbocycles. The fourth-order valence-electron chi connectivity index (χ4n) is 0.260. The Balaban J connectivity index is 3.52. The molecule has 0 fully saturated rings. The Labute approximate surface area is 54.9 Å². The fourth-order valence-corrected chi connectivity index (χ4v) is 0.343. The van der Waals surface area contributed by atoms with Gasteiger partial charge in [0.25, 0.3) is 0 Å². The average molecular weight is 127 g/mol. The van der Waals surface area contributed by atoms with E-state index in [0.717, 1.165) is 0 Å². The number of hydrogen-bond donors (Lipinski definition) is 0. The van der Waals surface area contributed by atoms with Gasteiger partial charge in [0.2, 0.25) is 5.12 Å². The van der Waals surface area contributed by atoms with Crippen LogP contribution in [0.15, 0.2) is 0 Å². The lowest BCUT2D eigenvalue weighted by Gasteiger charge is -1.95. The number of carbonyl (C=O) groups excluding carboxylic acids is 1. The Bertz CT molecular complexity index is 123. The van der Waals surface area contributed by atoms with Crippen LogP contribution in [0.1, 0.15) is 13.3 Å². The van der Waals surface area contributed by atoms with Crippen molar-refractivity contribution in [2.75, 3.05) is 0 Å². The molecule has 0 heterocycles. The zero-order valence-electron chi connectivity index (χ0n) is 4.68. The summed E-state index contributed by atoms with van der Waals surface area (Å²) in [5.41, 5.74) is 0. The quantitative estimate of drug-likeness (QED) is 0.512. The molecule has 0 aliphatic carbocycles. The van der Waals surface area contributed by atoms with E-state index in [4.69, 9.17) is 6.42 Å². The van der Waals surface area contributed by atoms with Crippen LogP contribution in [0.4, 0.5) is 0 Å². The van der Waals surface area contributed by atoms with Gasteiger partial charge in [-0.05, 0) is 12.6 Å². The molecule has 0 amide bonds. The first-order valence-corrected chi connectivity index (χ1v) is 2.73. The second-order valence-electron chi connectivity index (χ2n) is 1.63. The second kappa shape index (κ2) is 3.45. The molecule has 1 atom stereocenters. The summed E-state index contributed by atoms with van der Waals surface area (Å²) in [4.78, 5) is 10.3. The van der Waals surface area contributed by atoms with Gasteiger partial charge in [0.15, 0.2) is 0 Å². The zero-order chi connectivity index (χ0) is 6.57. The van der Waals surface area contributed by atoms with Gasteiger partial charge < -0.3 is 0 Å². The summed E-state index contributed by atoms with van der Waals surface area (Å²) in [7, 11) is 0. The maximum atomic E-state index is 10.3. The third-order valence-corrected chi connectivity index (χ3v) is 1.23. The number of carbonyl (C=O) groups is 1. The summed E-state index contributed by atoms with van der Waals surface area (Å²) in [6.45, 7) is 1.73. The van der Waals surface area contributed by atoms with Gasteiger partial charge in [-0.15, -0.1) is 12.3 Å². The van der Waals surface area contributed by atoms with Gasteiger partial charge in [0.05, 0.1) is 0 Å². The highest BCUT2D eigenvalue weighted by molar-refractivity contribution is 7.96. The van der Waals surface area contributed by atoms with Crippen LogP contribution >= 0.6 is 12.6 Å². The zero-order valence-corrected chi connectivity index (χ0v) is 5.49. The highest BCUT2D eigenvalue weighted by atomic mass is 32.1. The van der Waals surface area contributed by atoms with Crippen molar-refractivity contribution >= 4 is 17.7 Å². The van der Waals surface area contributed by atoms with Crippen LogP contribution in [0.5, 0.6) is 0 Å². The molecular formula is C6H7OS. The fraction of sp³-hybridized carbons (Fsp3) is 0.500. The van der Waals surface area contributed by atoms with Gasteiger partial charge >= 0.3 is 0 Å². The van der Waals surface area contributed by atoms with Crippen molar-refractivity contribution in [3.63, 3.8) is 0 Å². The van der Waals surface area contributed by atoms with Crippen LogP contribution in [0.25, 0.3) is 0 Å². The molecule has 0 bridgehead atoms. The molecule has 0 aliphatic heterocycles. The Hall–Kier alpha value is -0.550. The van der Waals surface area contributed by atoms with E-state index in [0.29, 0.717) is 6.42 Å². The first-order valence-electron chi connectivity index (χ1n) is 2.32. The monoisotopic (exact) mass is 127 g/mol. The van der Waals surface area contributed by atoms with Crippen molar-refractivity contribution in [1.82, 2.24) is 0 Å². The summed E-state index contributed by atoms with van der Waals surface area (Å²) >= 11 is 4.33. The molecule has 1 nitrogen and oxygen atoms in total. The van der Waals surface area contributed by atoms with Crippen molar-refractivity contribution in [1.29, 1.82) is 0 Å². The normalized spacial score (nSPS) is 12.0. The van der Waals surface area contributed by atoms with Gasteiger partial charge in [-0.25, -0.2) is 0 Å². The maximum Gasteiger partial charge on any atom is 0.222 e. The van der Waals surface area contributed by atoms with E-state index < -0.39 is 0 Å². The largest absolute Gasteiger partial charge is 0.282 e. The lowest BCUT2D eigenvalue weighted by atomic mass is 10.1. The predicted octanol–water partition coefficient (Wildman–Crippen LogP) is 1.37. The van der Waals surface area contributed by atoms with Crippen LogP contribution in [-0.4, -0.2) is 5.12 Å². The van der Waals surface area contributed by atoms with E-state index in [1.807, 2.05) is 0 Å². The van der Waals surface area contributed by atoms with Gasteiger partial charge in [0.1, 0.15) is 0 Å². The van der Waals surface area contributed by atoms with E-state index in [2.05, 4.69) is 18.5 Å². The molecule has 0 aromatic rings. The Kier molecular flexibility index (Phi) is 3.21. The molecule has 0 spiro atoms. The predicted molar refractivity (Wildman–Crippen MR) is 35.2 cm³/mol. The second-order valence-corrected chi connectivity index (χ2v) is 2.03. The average Bonchev–Trinajstić information content (AvgIpc) is 1.67. The van der Waals surface area contributed by atoms with Crippen molar-refractivity contribution in [2.24, 2.45) is 5.92 Å². The summed E-state index contributed by atoms with van der Waals surface area (Å²) in [6, 6.07) is 0. The molecule has 0 saturated carbocycles. The van der Waals surface area contributed by atoms with Crippen molar-refractivity contribution in [3.05, 3.63) is 0 Å². The lowest BCUT2D eigenvalue weighted by molar-refractivity contribution is -0.113. The molecule has 0 rings (SSSR count). The van der Waals surface area contributed by atoms with Crippen LogP contribution in [-0.2, 0) is 4.79 Å². The lowest BCUT2D eigenvalue weighted by Crippen LogP contribution is -2.01. The summed E-state index contributed by atoms with van der Waals surface area (Å²) in [5, 5.41) is -0.247. The van der Waals surface area contributed by atoms with Crippen LogP contribution in [0.2, 0.25) is 0 Å². The molecule has 0 N–H and O–H groups in total. The summed E-state index contributed by atoms with van der Waals surface area (Å²) in [5.74, 6) is 2.22. The van der Waals surface area contributed by atoms with Crippen LogP contribution < -0.4 is 0 Å². The van der Waals surface area contributed by atoms with Gasteiger partial charge in [-0.2, -0.15) is 0 Å². The topological polar surface area (TPSA) is 17.1 Å². The van der Waals surface area contributed by atoms with Crippen molar-refractivity contribution < 1.29 is 4.79 Å². The van der Waals surface area contributed by atoms with Crippen LogP contribution in [0, 0.1) is 18.3 Å². The molecule has 1 unspecified atom stereocenters. The summed E-state index contributed by atoms with van der Waals surface area (Å²) in [6.07, 6.45) is 5.38. The minimum Gasteiger partial charge on any atom is -0.282 e. The standard InChI is InChI=1S/C6H7OS/c1-3-4-5(2)6(7)8/h1,5H,4H2,2H3. The van der Waals surface area contributed by atoms with Crippen molar-refractivity contribution in [2.45, 2.75) is 13.3 Å². The number of hydrogen-bond acceptors (Lipinski definition) is 1. The summed E-state index contributed by atoms with van der Waals surface area (Å²) < 4.78 is 0. The Morgan fingerprint density at radius 1 is 2.00 bits per heavy atom. The molecule has 0 aromatic heterocycles. The Morgan fingerprint density at radius 2 is 2.50 bits per heavy atom. The smallest absolute Gasteiger partial charge is 0.222 e. The maximum absolute atomic E-state index is 10.3.